The lowest BCUT2D eigenvalue weighted by atomic mass is 10.2. The van der Waals surface area contributed by atoms with Crippen LogP contribution in [0.1, 0.15) is 27.0 Å². The zero-order chi connectivity index (χ0) is 19.8. The molecule has 0 fully saturated rings. The molecule has 2 heterocycles. The maximum atomic E-state index is 12.6. The number of nitrogens with zero attached hydrogens (tertiary/aromatic N) is 1. The van der Waals surface area contributed by atoms with Crippen molar-refractivity contribution < 1.29 is 14.3 Å². The molecule has 28 heavy (non-hydrogen) atoms. The van der Waals surface area contributed by atoms with Gasteiger partial charge in [-0.05, 0) is 54.1 Å². The largest absolute Gasteiger partial charge is 0.462 e. The van der Waals surface area contributed by atoms with Gasteiger partial charge in [-0.15, -0.1) is 22.7 Å². The van der Waals surface area contributed by atoms with Gasteiger partial charge in [0.15, 0.2) is 0 Å². The second kappa shape index (κ2) is 10.2. The Kier molecular flexibility index (Phi) is 7.36. The van der Waals surface area contributed by atoms with Gasteiger partial charge in [0.2, 0.25) is 5.91 Å². The van der Waals surface area contributed by atoms with E-state index in [1.807, 2.05) is 22.9 Å². The summed E-state index contributed by atoms with van der Waals surface area (Å²) >= 11 is 3.38. The monoisotopic (exact) mass is 414 g/mol. The maximum absolute atomic E-state index is 12.6. The first kappa shape index (κ1) is 20.3. The Bertz CT molecular complexity index is 839. The molecule has 2 aromatic heterocycles. The maximum Gasteiger partial charge on any atom is 0.338 e. The van der Waals surface area contributed by atoms with Crippen molar-refractivity contribution >= 4 is 40.2 Å². The summed E-state index contributed by atoms with van der Waals surface area (Å²) in [7, 11) is 0. The fourth-order valence-electron chi connectivity index (χ4n) is 2.72. The molecule has 1 N–H and O–H groups in total. The molecule has 0 radical (unpaired) electrons. The van der Waals surface area contributed by atoms with Gasteiger partial charge in [-0.3, -0.25) is 9.69 Å². The van der Waals surface area contributed by atoms with Gasteiger partial charge in [0.05, 0.1) is 18.7 Å². The van der Waals surface area contributed by atoms with Crippen molar-refractivity contribution in [3.8, 4) is 0 Å². The third-order valence-corrected chi connectivity index (χ3v) is 5.69. The van der Waals surface area contributed by atoms with Crippen LogP contribution < -0.4 is 5.32 Å². The topological polar surface area (TPSA) is 58.6 Å². The van der Waals surface area contributed by atoms with Crippen molar-refractivity contribution in [2.24, 2.45) is 0 Å². The van der Waals surface area contributed by atoms with Crippen LogP contribution >= 0.6 is 22.7 Å². The number of anilines is 1. The number of benzene rings is 1. The van der Waals surface area contributed by atoms with Crippen LogP contribution in [0.15, 0.2) is 59.3 Å². The summed E-state index contributed by atoms with van der Waals surface area (Å²) in [5, 5.41) is 6.99. The van der Waals surface area contributed by atoms with Crippen LogP contribution in [0.5, 0.6) is 0 Å². The highest BCUT2D eigenvalue weighted by atomic mass is 32.1. The molecule has 7 heteroatoms. The molecule has 146 valence electrons. The van der Waals surface area contributed by atoms with Crippen molar-refractivity contribution in [1.29, 1.82) is 0 Å². The van der Waals surface area contributed by atoms with Crippen molar-refractivity contribution in [2.45, 2.75) is 20.0 Å². The van der Waals surface area contributed by atoms with E-state index in [-0.39, 0.29) is 18.4 Å². The zero-order valence-electron chi connectivity index (χ0n) is 15.6. The normalized spacial score (nSPS) is 10.8. The molecule has 1 amide bonds. The van der Waals surface area contributed by atoms with E-state index in [4.69, 9.17) is 4.74 Å². The van der Waals surface area contributed by atoms with Crippen LogP contribution in [0.25, 0.3) is 0 Å². The first-order valence-electron chi connectivity index (χ1n) is 8.98. The van der Waals surface area contributed by atoms with Crippen LogP contribution in [-0.4, -0.2) is 29.9 Å². The number of hydrogen-bond donors (Lipinski definition) is 1. The SMILES string of the molecule is CCOC(=O)c1ccc(NC(=O)CN(Cc2cccs2)Cc2cccs2)cc1. The van der Waals surface area contributed by atoms with Crippen LogP contribution in [0.4, 0.5) is 5.69 Å². The molecule has 0 aliphatic rings. The second-order valence-corrected chi connectivity index (χ2v) is 8.21. The van der Waals surface area contributed by atoms with Gasteiger partial charge in [-0.25, -0.2) is 4.79 Å². The highest BCUT2D eigenvalue weighted by Crippen LogP contribution is 2.17. The summed E-state index contributed by atoms with van der Waals surface area (Å²) in [6.07, 6.45) is 0. The zero-order valence-corrected chi connectivity index (χ0v) is 17.2. The van der Waals surface area contributed by atoms with Crippen molar-refractivity contribution in [2.75, 3.05) is 18.5 Å². The van der Waals surface area contributed by atoms with Crippen molar-refractivity contribution in [3.05, 3.63) is 74.6 Å². The predicted molar refractivity (Wildman–Crippen MR) is 114 cm³/mol. The van der Waals surface area contributed by atoms with E-state index in [2.05, 4.69) is 22.3 Å². The van der Waals surface area contributed by atoms with Crippen LogP contribution in [0.3, 0.4) is 0 Å². The summed E-state index contributed by atoms with van der Waals surface area (Å²) in [6.45, 7) is 3.84. The fraction of sp³-hybridized carbons (Fsp3) is 0.238. The van der Waals surface area contributed by atoms with E-state index >= 15 is 0 Å². The number of rotatable bonds is 9. The predicted octanol–water partition coefficient (Wildman–Crippen LogP) is 4.63. The number of ether oxygens (including phenoxy) is 1. The smallest absolute Gasteiger partial charge is 0.338 e. The number of amides is 1. The summed E-state index contributed by atoms with van der Waals surface area (Å²) in [5.74, 6) is -0.449. The summed E-state index contributed by atoms with van der Waals surface area (Å²) < 4.78 is 4.97. The lowest BCUT2D eigenvalue weighted by Gasteiger charge is -2.20. The van der Waals surface area contributed by atoms with Gasteiger partial charge in [0.25, 0.3) is 0 Å². The molecule has 3 rings (SSSR count). The van der Waals surface area contributed by atoms with Crippen LogP contribution in [0.2, 0.25) is 0 Å². The number of thiophene rings is 2. The number of esters is 1. The standard InChI is InChI=1S/C21H22N2O3S2/c1-2-26-21(25)16-7-9-17(10-8-16)22-20(24)15-23(13-18-5-3-11-27-18)14-19-6-4-12-28-19/h3-12H,2,13-15H2,1H3,(H,22,24). The van der Waals surface area contributed by atoms with Crippen LogP contribution in [-0.2, 0) is 22.6 Å². The Morgan fingerprint density at radius 2 is 1.57 bits per heavy atom. The Labute approximate surface area is 172 Å². The van der Waals surface area contributed by atoms with E-state index in [1.165, 1.54) is 9.75 Å². The molecule has 0 saturated heterocycles. The van der Waals surface area contributed by atoms with E-state index in [0.29, 0.717) is 17.9 Å². The van der Waals surface area contributed by atoms with E-state index < -0.39 is 0 Å². The molecule has 5 nitrogen and oxygen atoms in total. The molecule has 0 bridgehead atoms. The third-order valence-electron chi connectivity index (χ3n) is 3.97. The lowest BCUT2D eigenvalue weighted by Crippen LogP contribution is -2.32. The molecule has 0 aliphatic heterocycles. The highest BCUT2D eigenvalue weighted by Gasteiger charge is 2.14. The first-order valence-corrected chi connectivity index (χ1v) is 10.7. The highest BCUT2D eigenvalue weighted by molar-refractivity contribution is 7.10. The molecular weight excluding hydrogens is 392 g/mol. The number of carbonyl (C=O) groups excluding carboxylic acids is 2. The molecular formula is C21H22N2O3S2. The van der Waals surface area contributed by atoms with E-state index in [0.717, 1.165) is 13.1 Å². The van der Waals surface area contributed by atoms with E-state index in [9.17, 15) is 9.59 Å². The number of hydrogen-bond acceptors (Lipinski definition) is 6. The van der Waals surface area contributed by atoms with Crippen molar-refractivity contribution in [3.63, 3.8) is 0 Å². The molecule has 0 atom stereocenters. The average Bonchev–Trinajstić information content (AvgIpc) is 3.36. The molecule has 0 aliphatic carbocycles. The molecule has 0 spiro atoms. The Morgan fingerprint density at radius 3 is 2.07 bits per heavy atom. The molecule has 0 unspecified atom stereocenters. The van der Waals surface area contributed by atoms with Crippen LogP contribution in [0, 0.1) is 0 Å². The van der Waals surface area contributed by atoms with Gasteiger partial charge < -0.3 is 10.1 Å². The van der Waals surface area contributed by atoms with Gasteiger partial charge in [0, 0.05) is 28.5 Å². The molecule has 1 aromatic carbocycles. The minimum absolute atomic E-state index is 0.0861. The summed E-state index contributed by atoms with van der Waals surface area (Å²) in [4.78, 5) is 28.9. The van der Waals surface area contributed by atoms with Gasteiger partial charge in [-0.1, -0.05) is 12.1 Å². The Morgan fingerprint density at radius 1 is 0.964 bits per heavy atom. The third kappa shape index (κ3) is 6.02. The van der Waals surface area contributed by atoms with Crippen molar-refractivity contribution in [1.82, 2.24) is 4.90 Å². The average molecular weight is 415 g/mol. The van der Waals surface area contributed by atoms with E-state index in [1.54, 1.807) is 53.9 Å². The number of carbonyl (C=O) groups is 2. The first-order chi connectivity index (χ1) is 13.6. The number of nitrogens with one attached hydrogen (secondary N) is 1. The second-order valence-electron chi connectivity index (χ2n) is 6.15. The summed E-state index contributed by atoms with van der Waals surface area (Å²) in [6, 6.07) is 14.9. The minimum Gasteiger partial charge on any atom is -0.462 e. The van der Waals surface area contributed by atoms with Gasteiger partial charge in [0.1, 0.15) is 0 Å². The molecule has 0 saturated carbocycles. The van der Waals surface area contributed by atoms with Gasteiger partial charge >= 0.3 is 5.97 Å². The Hall–Kier alpha value is -2.48. The minimum atomic E-state index is -0.363. The Balaban J connectivity index is 1.60. The van der Waals surface area contributed by atoms with Gasteiger partial charge in [-0.2, -0.15) is 0 Å². The fourth-order valence-corrected chi connectivity index (χ4v) is 4.21. The summed E-state index contributed by atoms with van der Waals surface area (Å²) in [5.41, 5.74) is 1.13. The molecule has 3 aromatic rings. The lowest BCUT2D eigenvalue weighted by molar-refractivity contribution is -0.117. The quantitative estimate of drug-likeness (QED) is 0.519.